The summed E-state index contributed by atoms with van der Waals surface area (Å²) in [6.45, 7) is 0.0357. The molecule has 0 spiro atoms. The summed E-state index contributed by atoms with van der Waals surface area (Å²) in [6, 6.07) is 12.9. The number of hydrogen-bond donors (Lipinski definition) is 1. The van der Waals surface area contributed by atoms with Gasteiger partial charge < -0.3 is 15.0 Å². The molecule has 0 atom stereocenters. The summed E-state index contributed by atoms with van der Waals surface area (Å²) in [4.78, 5) is 25.0. The monoisotopic (exact) mass is 330 g/mol. The van der Waals surface area contributed by atoms with E-state index in [0.717, 1.165) is 5.56 Å². The van der Waals surface area contributed by atoms with Crippen molar-refractivity contribution in [2.24, 2.45) is 0 Å². The Labute approximate surface area is 140 Å². The quantitative estimate of drug-likeness (QED) is 0.883. The summed E-state index contributed by atoms with van der Waals surface area (Å²) >= 11 is 0. The highest BCUT2D eigenvalue weighted by atomic mass is 19.1. The number of benzene rings is 2. The number of rotatable bonds is 6. The van der Waals surface area contributed by atoms with Gasteiger partial charge in [0, 0.05) is 26.2 Å². The summed E-state index contributed by atoms with van der Waals surface area (Å²) in [7, 11) is 3.37. The molecule has 0 aliphatic carbocycles. The molecule has 0 heterocycles. The highest BCUT2D eigenvalue weighted by Crippen LogP contribution is 2.14. The van der Waals surface area contributed by atoms with Gasteiger partial charge in [-0.05, 0) is 29.8 Å². The largest absolute Gasteiger partial charge is 0.481 e. The van der Waals surface area contributed by atoms with Crippen molar-refractivity contribution in [1.29, 1.82) is 0 Å². The van der Waals surface area contributed by atoms with E-state index in [9.17, 15) is 14.0 Å². The molecule has 2 aromatic carbocycles. The van der Waals surface area contributed by atoms with Crippen LogP contribution in [0.4, 0.5) is 4.39 Å². The normalized spacial score (nSPS) is 10.1. The smallest absolute Gasteiger partial charge is 0.258 e. The number of carbonyl (C=O) groups excluding carboxylic acids is 2. The van der Waals surface area contributed by atoms with Crippen molar-refractivity contribution in [3.8, 4) is 5.75 Å². The van der Waals surface area contributed by atoms with Crippen LogP contribution in [0.3, 0.4) is 0 Å². The van der Waals surface area contributed by atoms with Crippen molar-refractivity contribution in [3.63, 3.8) is 0 Å². The Morgan fingerprint density at radius 1 is 1.08 bits per heavy atom. The minimum absolute atomic E-state index is 0.0409. The Kier molecular flexibility index (Phi) is 5.89. The van der Waals surface area contributed by atoms with Gasteiger partial charge in [0.05, 0.1) is 0 Å². The molecule has 0 unspecified atom stereocenters. The minimum Gasteiger partial charge on any atom is -0.481 e. The number of amides is 2. The van der Waals surface area contributed by atoms with E-state index in [1.54, 1.807) is 50.5 Å². The van der Waals surface area contributed by atoms with Crippen molar-refractivity contribution in [2.75, 3.05) is 20.7 Å². The van der Waals surface area contributed by atoms with E-state index in [1.807, 2.05) is 0 Å². The van der Waals surface area contributed by atoms with Gasteiger partial charge >= 0.3 is 0 Å². The maximum absolute atomic E-state index is 13.4. The lowest BCUT2D eigenvalue weighted by Crippen LogP contribution is -2.28. The lowest BCUT2D eigenvalue weighted by Gasteiger charge is -2.11. The molecule has 0 radical (unpaired) electrons. The van der Waals surface area contributed by atoms with Gasteiger partial charge in [-0.2, -0.15) is 0 Å². The lowest BCUT2D eigenvalue weighted by atomic mass is 10.1. The molecule has 24 heavy (non-hydrogen) atoms. The van der Waals surface area contributed by atoms with Crippen LogP contribution in [0.15, 0.2) is 48.5 Å². The van der Waals surface area contributed by atoms with Crippen LogP contribution >= 0.6 is 0 Å². The Hall–Kier alpha value is -2.89. The zero-order valence-corrected chi connectivity index (χ0v) is 13.6. The molecular weight excluding hydrogens is 311 g/mol. The van der Waals surface area contributed by atoms with Gasteiger partial charge in [-0.1, -0.05) is 24.3 Å². The number of carbonyl (C=O) groups is 2. The molecular formula is C18H19FN2O3. The fourth-order valence-electron chi connectivity index (χ4n) is 1.98. The number of hydrogen-bond acceptors (Lipinski definition) is 3. The van der Waals surface area contributed by atoms with E-state index in [2.05, 4.69) is 5.32 Å². The first kappa shape index (κ1) is 17.5. The summed E-state index contributed by atoms with van der Waals surface area (Å²) < 4.78 is 18.5. The number of para-hydroxylation sites is 1. The van der Waals surface area contributed by atoms with Crippen molar-refractivity contribution in [1.82, 2.24) is 10.2 Å². The van der Waals surface area contributed by atoms with Crippen LogP contribution in [-0.2, 0) is 11.3 Å². The van der Waals surface area contributed by atoms with Gasteiger partial charge in [0.2, 0.25) is 0 Å². The van der Waals surface area contributed by atoms with Crippen LogP contribution in [0.25, 0.3) is 0 Å². The topological polar surface area (TPSA) is 58.6 Å². The fraction of sp³-hybridized carbons (Fsp3) is 0.222. The molecule has 2 aromatic rings. The SMILES string of the molecule is CN(C)C(=O)c1ccc(CNC(=O)COc2ccccc2F)cc1. The van der Waals surface area contributed by atoms with Gasteiger partial charge in [-0.25, -0.2) is 4.39 Å². The highest BCUT2D eigenvalue weighted by molar-refractivity contribution is 5.93. The lowest BCUT2D eigenvalue weighted by molar-refractivity contribution is -0.123. The van der Waals surface area contributed by atoms with Crippen molar-refractivity contribution in [3.05, 3.63) is 65.5 Å². The third-order valence-corrected chi connectivity index (χ3v) is 3.29. The zero-order chi connectivity index (χ0) is 17.5. The van der Waals surface area contributed by atoms with Crippen LogP contribution in [0.1, 0.15) is 15.9 Å². The first-order valence-electron chi connectivity index (χ1n) is 7.42. The van der Waals surface area contributed by atoms with Gasteiger partial charge in [-0.15, -0.1) is 0 Å². The Bertz CT molecular complexity index is 714. The van der Waals surface area contributed by atoms with E-state index in [4.69, 9.17) is 4.74 Å². The molecule has 0 fully saturated rings. The van der Waals surface area contributed by atoms with E-state index < -0.39 is 5.82 Å². The first-order valence-corrected chi connectivity index (χ1v) is 7.42. The maximum Gasteiger partial charge on any atom is 0.258 e. The van der Waals surface area contributed by atoms with Crippen LogP contribution in [0.5, 0.6) is 5.75 Å². The van der Waals surface area contributed by atoms with Gasteiger partial charge in [-0.3, -0.25) is 9.59 Å². The van der Waals surface area contributed by atoms with Gasteiger partial charge in [0.15, 0.2) is 18.2 Å². The molecule has 2 rings (SSSR count). The second-order valence-corrected chi connectivity index (χ2v) is 5.39. The van der Waals surface area contributed by atoms with Crippen LogP contribution in [-0.4, -0.2) is 37.4 Å². The van der Waals surface area contributed by atoms with Crippen LogP contribution in [0, 0.1) is 5.82 Å². The van der Waals surface area contributed by atoms with Gasteiger partial charge in [0.25, 0.3) is 11.8 Å². The Morgan fingerprint density at radius 2 is 1.75 bits per heavy atom. The average Bonchev–Trinajstić information content (AvgIpc) is 2.59. The summed E-state index contributed by atoms with van der Waals surface area (Å²) in [6.07, 6.45) is 0. The van der Waals surface area contributed by atoms with E-state index in [-0.39, 0.29) is 24.2 Å². The summed E-state index contributed by atoms with van der Waals surface area (Å²) in [5, 5.41) is 2.68. The maximum atomic E-state index is 13.4. The predicted octanol–water partition coefficient (Wildman–Crippen LogP) is 2.22. The molecule has 2 amide bonds. The van der Waals surface area contributed by atoms with Gasteiger partial charge in [0.1, 0.15) is 0 Å². The molecule has 126 valence electrons. The van der Waals surface area contributed by atoms with Crippen molar-refractivity contribution in [2.45, 2.75) is 6.54 Å². The molecule has 0 saturated heterocycles. The van der Waals surface area contributed by atoms with E-state index in [0.29, 0.717) is 12.1 Å². The Morgan fingerprint density at radius 3 is 2.38 bits per heavy atom. The van der Waals surface area contributed by atoms with E-state index in [1.165, 1.54) is 17.0 Å². The summed E-state index contributed by atoms with van der Waals surface area (Å²) in [5.74, 6) is -0.902. The molecule has 0 aliphatic heterocycles. The number of nitrogens with zero attached hydrogens (tertiary/aromatic N) is 1. The van der Waals surface area contributed by atoms with Crippen molar-refractivity contribution < 1.29 is 18.7 Å². The first-order chi connectivity index (χ1) is 11.5. The summed E-state index contributed by atoms with van der Waals surface area (Å²) in [5.41, 5.74) is 1.43. The minimum atomic E-state index is -0.508. The van der Waals surface area contributed by atoms with E-state index >= 15 is 0 Å². The predicted molar refractivity (Wildman–Crippen MR) is 88.2 cm³/mol. The highest BCUT2D eigenvalue weighted by Gasteiger charge is 2.08. The second kappa shape index (κ2) is 8.10. The fourth-order valence-corrected chi connectivity index (χ4v) is 1.98. The zero-order valence-electron chi connectivity index (χ0n) is 13.6. The molecule has 0 aromatic heterocycles. The Balaban J connectivity index is 1.81. The third-order valence-electron chi connectivity index (χ3n) is 3.29. The van der Waals surface area contributed by atoms with Crippen LogP contribution in [0.2, 0.25) is 0 Å². The molecule has 0 saturated carbocycles. The average molecular weight is 330 g/mol. The third kappa shape index (κ3) is 4.81. The molecule has 1 N–H and O–H groups in total. The standard InChI is InChI=1S/C18H19FN2O3/c1-21(2)18(23)14-9-7-13(8-10-14)11-20-17(22)12-24-16-6-4-3-5-15(16)19/h3-10H,11-12H2,1-2H3,(H,20,22). The molecule has 6 heteroatoms. The molecule has 5 nitrogen and oxygen atoms in total. The molecule has 0 bridgehead atoms. The molecule has 0 aliphatic rings. The van der Waals surface area contributed by atoms with Crippen molar-refractivity contribution >= 4 is 11.8 Å². The van der Waals surface area contributed by atoms with Crippen LogP contribution < -0.4 is 10.1 Å². The second-order valence-electron chi connectivity index (χ2n) is 5.39. The number of nitrogens with one attached hydrogen (secondary N) is 1. The number of ether oxygens (including phenoxy) is 1. The number of halogens is 1.